The molecule has 7 nitrogen and oxygen atoms in total. The number of piperazine rings is 1. The summed E-state index contributed by atoms with van der Waals surface area (Å²) in [6.45, 7) is 3.12. The molecule has 9 heteroatoms. The topological polar surface area (TPSA) is 83.8 Å². The molecule has 1 fully saturated rings. The standard InChI is InChI=1S/C19H22FN3O4S/c1-2-3-15-4-7-17(8-5-15)28(26,27)22-12-10-21(11-13-22)19-9-6-16(23(24)25)14-18(19)20/h4-9,14H,2-3,10-13H2,1H3. The number of non-ortho nitro benzene ring substituents is 1. The number of nitro benzene ring substituents is 1. The number of halogens is 1. The Morgan fingerprint density at radius 1 is 1.07 bits per heavy atom. The molecule has 0 atom stereocenters. The molecule has 0 unspecified atom stereocenters. The van der Waals surface area contributed by atoms with Crippen molar-refractivity contribution in [3.63, 3.8) is 0 Å². The summed E-state index contributed by atoms with van der Waals surface area (Å²) in [7, 11) is -3.60. The molecule has 1 aliphatic heterocycles. The molecular weight excluding hydrogens is 385 g/mol. The molecule has 0 radical (unpaired) electrons. The van der Waals surface area contributed by atoms with Gasteiger partial charge in [-0.2, -0.15) is 4.31 Å². The zero-order chi connectivity index (χ0) is 20.3. The van der Waals surface area contributed by atoms with Crippen molar-refractivity contribution in [3.05, 3.63) is 64.0 Å². The van der Waals surface area contributed by atoms with Crippen molar-refractivity contribution in [1.29, 1.82) is 0 Å². The fourth-order valence-electron chi connectivity index (χ4n) is 3.30. The molecule has 0 N–H and O–H groups in total. The number of rotatable bonds is 6. The van der Waals surface area contributed by atoms with Crippen LogP contribution >= 0.6 is 0 Å². The summed E-state index contributed by atoms with van der Waals surface area (Å²) >= 11 is 0. The summed E-state index contributed by atoms with van der Waals surface area (Å²) in [4.78, 5) is 12.0. The van der Waals surface area contributed by atoms with Gasteiger partial charge in [-0.1, -0.05) is 25.5 Å². The van der Waals surface area contributed by atoms with Crippen LogP contribution in [0.3, 0.4) is 0 Å². The van der Waals surface area contributed by atoms with E-state index in [2.05, 4.69) is 6.92 Å². The number of hydrogen-bond donors (Lipinski definition) is 0. The van der Waals surface area contributed by atoms with Crippen LogP contribution in [0.1, 0.15) is 18.9 Å². The number of nitrogens with zero attached hydrogens (tertiary/aromatic N) is 3. The van der Waals surface area contributed by atoms with Crippen molar-refractivity contribution < 1.29 is 17.7 Å². The van der Waals surface area contributed by atoms with Gasteiger partial charge in [0.1, 0.15) is 0 Å². The number of benzene rings is 2. The first kappa shape index (κ1) is 20.2. The summed E-state index contributed by atoms with van der Waals surface area (Å²) in [5.74, 6) is -0.683. The van der Waals surface area contributed by atoms with Gasteiger partial charge < -0.3 is 4.90 Å². The highest BCUT2D eigenvalue weighted by Gasteiger charge is 2.29. The largest absolute Gasteiger partial charge is 0.367 e. The molecule has 0 amide bonds. The van der Waals surface area contributed by atoms with Crippen molar-refractivity contribution in [3.8, 4) is 0 Å². The first-order chi connectivity index (χ1) is 13.3. The Labute approximate surface area is 163 Å². The third-order valence-electron chi connectivity index (χ3n) is 4.82. The average Bonchev–Trinajstić information content (AvgIpc) is 2.68. The second-order valence-corrected chi connectivity index (χ2v) is 8.62. The fraction of sp³-hybridized carbons (Fsp3) is 0.368. The molecule has 0 aromatic heterocycles. The van der Waals surface area contributed by atoms with E-state index in [-0.39, 0.29) is 29.4 Å². The minimum absolute atomic E-state index is 0.218. The summed E-state index contributed by atoms with van der Waals surface area (Å²) < 4.78 is 41.3. The third kappa shape index (κ3) is 4.15. The summed E-state index contributed by atoms with van der Waals surface area (Å²) in [6.07, 6.45) is 1.90. The highest BCUT2D eigenvalue weighted by atomic mass is 32.2. The molecular formula is C19H22FN3O4S. The van der Waals surface area contributed by atoms with Crippen LogP contribution in [0.15, 0.2) is 47.4 Å². The Bertz CT molecular complexity index is 956. The minimum Gasteiger partial charge on any atom is -0.367 e. The number of aryl methyl sites for hydroxylation is 1. The molecule has 1 aliphatic rings. The van der Waals surface area contributed by atoms with Crippen LogP contribution in [0, 0.1) is 15.9 Å². The first-order valence-corrected chi connectivity index (χ1v) is 10.5. The Morgan fingerprint density at radius 3 is 2.25 bits per heavy atom. The summed E-state index contributed by atoms with van der Waals surface area (Å²) in [5.41, 5.74) is 1.03. The molecule has 2 aromatic carbocycles. The molecule has 2 aromatic rings. The smallest absolute Gasteiger partial charge is 0.272 e. The van der Waals surface area contributed by atoms with Crippen LogP contribution in [0.5, 0.6) is 0 Å². The van der Waals surface area contributed by atoms with Gasteiger partial charge in [0.25, 0.3) is 5.69 Å². The maximum Gasteiger partial charge on any atom is 0.272 e. The van der Waals surface area contributed by atoms with Crippen molar-refractivity contribution in [1.82, 2.24) is 4.31 Å². The minimum atomic E-state index is -3.60. The van der Waals surface area contributed by atoms with Gasteiger partial charge in [0.2, 0.25) is 10.0 Å². The summed E-state index contributed by atoms with van der Waals surface area (Å²) in [6, 6.07) is 10.4. The van der Waals surface area contributed by atoms with E-state index in [1.54, 1.807) is 17.0 Å². The lowest BCUT2D eigenvalue weighted by molar-refractivity contribution is -0.385. The second kappa shape index (κ2) is 8.24. The van der Waals surface area contributed by atoms with Gasteiger partial charge in [-0.05, 0) is 30.2 Å². The van der Waals surface area contributed by atoms with Crippen LogP contribution in [0.25, 0.3) is 0 Å². The molecule has 0 spiro atoms. The Hall–Kier alpha value is -2.52. The van der Waals surface area contributed by atoms with Gasteiger partial charge >= 0.3 is 0 Å². The van der Waals surface area contributed by atoms with E-state index >= 15 is 0 Å². The predicted molar refractivity (Wildman–Crippen MR) is 104 cm³/mol. The van der Waals surface area contributed by atoms with Gasteiger partial charge in [-0.3, -0.25) is 10.1 Å². The Kier molecular flexibility index (Phi) is 5.95. The predicted octanol–water partition coefficient (Wildman–Crippen LogP) is 3.20. The van der Waals surface area contributed by atoms with E-state index in [9.17, 15) is 22.9 Å². The molecule has 28 heavy (non-hydrogen) atoms. The molecule has 3 rings (SSSR count). The Morgan fingerprint density at radius 2 is 1.71 bits per heavy atom. The zero-order valence-electron chi connectivity index (χ0n) is 15.5. The third-order valence-corrected chi connectivity index (χ3v) is 6.73. The maximum absolute atomic E-state index is 14.2. The van der Waals surface area contributed by atoms with Crippen LogP contribution in [0.4, 0.5) is 15.8 Å². The molecule has 0 bridgehead atoms. The summed E-state index contributed by atoms with van der Waals surface area (Å²) in [5, 5.41) is 10.7. The van der Waals surface area contributed by atoms with Crippen LogP contribution in [0.2, 0.25) is 0 Å². The lowest BCUT2D eigenvalue weighted by atomic mass is 10.1. The van der Waals surface area contributed by atoms with Crippen molar-refractivity contribution in [2.75, 3.05) is 31.1 Å². The van der Waals surface area contributed by atoms with Gasteiger partial charge in [-0.15, -0.1) is 0 Å². The van der Waals surface area contributed by atoms with Gasteiger partial charge in [0.05, 0.1) is 21.6 Å². The lowest BCUT2D eigenvalue weighted by Gasteiger charge is -2.35. The quantitative estimate of drug-likeness (QED) is 0.542. The molecule has 150 valence electrons. The van der Waals surface area contributed by atoms with E-state index < -0.39 is 20.8 Å². The molecule has 1 saturated heterocycles. The van der Waals surface area contributed by atoms with Crippen molar-refractivity contribution in [2.45, 2.75) is 24.7 Å². The van der Waals surface area contributed by atoms with E-state index in [1.165, 1.54) is 16.4 Å². The number of anilines is 1. The number of nitro groups is 1. The van der Waals surface area contributed by atoms with Crippen LogP contribution in [-0.2, 0) is 16.4 Å². The number of hydrogen-bond acceptors (Lipinski definition) is 5. The fourth-order valence-corrected chi connectivity index (χ4v) is 4.72. The van der Waals surface area contributed by atoms with Crippen molar-refractivity contribution in [2.24, 2.45) is 0 Å². The molecule has 0 saturated carbocycles. The lowest BCUT2D eigenvalue weighted by Crippen LogP contribution is -2.48. The highest BCUT2D eigenvalue weighted by Crippen LogP contribution is 2.26. The Balaban J connectivity index is 1.70. The van der Waals surface area contributed by atoms with Crippen molar-refractivity contribution >= 4 is 21.4 Å². The van der Waals surface area contributed by atoms with Gasteiger partial charge in [0, 0.05) is 32.2 Å². The van der Waals surface area contributed by atoms with E-state index in [4.69, 9.17) is 0 Å². The maximum atomic E-state index is 14.2. The SMILES string of the molecule is CCCc1ccc(S(=O)(=O)N2CCN(c3ccc([N+](=O)[O-])cc3F)CC2)cc1. The van der Waals surface area contributed by atoms with Crippen LogP contribution < -0.4 is 4.90 Å². The van der Waals surface area contributed by atoms with E-state index in [0.717, 1.165) is 24.5 Å². The average molecular weight is 407 g/mol. The van der Waals surface area contributed by atoms with Gasteiger partial charge in [-0.25, -0.2) is 12.8 Å². The first-order valence-electron chi connectivity index (χ1n) is 9.11. The van der Waals surface area contributed by atoms with E-state index in [0.29, 0.717) is 13.1 Å². The second-order valence-electron chi connectivity index (χ2n) is 6.68. The molecule has 0 aliphatic carbocycles. The highest BCUT2D eigenvalue weighted by molar-refractivity contribution is 7.89. The monoisotopic (exact) mass is 407 g/mol. The normalized spacial score (nSPS) is 15.6. The number of sulfonamides is 1. The zero-order valence-corrected chi connectivity index (χ0v) is 16.4. The van der Waals surface area contributed by atoms with Crippen LogP contribution in [-0.4, -0.2) is 43.8 Å². The molecule has 1 heterocycles. The van der Waals surface area contributed by atoms with Gasteiger partial charge in [0.15, 0.2) is 5.82 Å². The van der Waals surface area contributed by atoms with E-state index in [1.807, 2.05) is 12.1 Å².